The lowest BCUT2D eigenvalue weighted by molar-refractivity contribution is -0.142. The van der Waals surface area contributed by atoms with Gasteiger partial charge in [0.05, 0.1) is 6.04 Å². The molecule has 0 aromatic heterocycles. The average molecular weight is 864 g/mol. The quantitative estimate of drug-likeness (QED) is 0.0500. The van der Waals surface area contributed by atoms with Crippen molar-refractivity contribution in [2.45, 2.75) is 84.2 Å². The number of unbranched alkanes of at least 4 members (excludes halogenated alkanes) is 1. The zero-order chi connectivity index (χ0) is 45.2. The number of aromatic hydroxyl groups is 2. The second-order valence-electron chi connectivity index (χ2n) is 16.2. The number of Topliss-reactive ketones (excluding diaryl/α,β-unsaturated/α-hetero) is 5. The van der Waals surface area contributed by atoms with Crippen molar-refractivity contribution in [3.05, 3.63) is 107 Å². The van der Waals surface area contributed by atoms with Crippen LogP contribution in [0, 0.1) is 17.8 Å². The lowest BCUT2D eigenvalue weighted by Gasteiger charge is -2.32. The van der Waals surface area contributed by atoms with E-state index in [1.54, 1.807) is 43.3 Å². The zero-order valence-electron chi connectivity index (χ0n) is 35.5. The highest BCUT2D eigenvalue weighted by molar-refractivity contribution is 6.38. The van der Waals surface area contributed by atoms with E-state index in [4.69, 9.17) is 17.3 Å². The Bertz CT molecular complexity index is 2330. The molecule has 12 nitrogen and oxygen atoms in total. The summed E-state index contributed by atoms with van der Waals surface area (Å²) in [7, 11) is 1.46. The van der Waals surface area contributed by atoms with Crippen molar-refractivity contribution in [3.63, 3.8) is 0 Å². The summed E-state index contributed by atoms with van der Waals surface area (Å²) in [6.07, 6.45) is 0.547. The molecule has 0 aliphatic carbocycles. The molecule has 1 heterocycles. The molecule has 0 saturated heterocycles. The number of nitrogens with zero attached hydrogens (tertiary/aromatic N) is 1. The minimum absolute atomic E-state index is 0.0108. The van der Waals surface area contributed by atoms with E-state index in [2.05, 4.69) is 5.32 Å². The van der Waals surface area contributed by atoms with E-state index in [0.717, 1.165) is 11.1 Å². The fourth-order valence-corrected chi connectivity index (χ4v) is 8.00. The minimum atomic E-state index is -1.29. The highest BCUT2D eigenvalue weighted by Crippen LogP contribution is 2.40. The maximum Gasteiger partial charge on any atom is 0.226 e. The number of phenolic OH excluding ortho intramolecular Hbond substituents is 2. The van der Waals surface area contributed by atoms with Crippen molar-refractivity contribution in [1.82, 2.24) is 10.2 Å². The summed E-state index contributed by atoms with van der Waals surface area (Å²) in [4.78, 5) is 96.6. The standard InChI is InChI=1S/C49H54ClN3O9/c1-5-40(54)47(60)28(2)22-44(58)39-25-30-9-19-41(55)37(24-30)38-26-34(16-20-42(38)56)46(45(59)23-29(3)48(61)52-39)53(4)49(62)35(8-6-7-21-51)27-43(57)33-12-10-31(11-13-33)32-14-17-36(50)18-15-32/h9-20,24,26,28-29,35,39,46,55-56H,5-8,21-23,25,27,51H2,1-4H3,(H,52,61)/t28?,29-,35-,39+,46+/m1/s1. The maximum atomic E-state index is 14.6. The highest BCUT2D eigenvalue weighted by Gasteiger charge is 2.36. The molecular formula is C49H54ClN3O9. The molecule has 5 N–H and O–H groups in total. The van der Waals surface area contributed by atoms with Gasteiger partial charge >= 0.3 is 0 Å². The first-order valence-corrected chi connectivity index (χ1v) is 21.3. The average Bonchev–Trinajstić information content (AvgIpc) is 3.26. The van der Waals surface area contributed by atoms with Crippen LogP contribution in [0.1, 0.15) is 93.2 Å². The lowest BCUT2D eigenvalue weighted by atomic mass is 9.87. The molecule has 1 aliphatic heterocycles. The first kappa shape index (κ1) is 47.1. The molecule has 2 amide bonds. The van der Waals surface area contributed by atoms with Crippen molar-refractivity contribution < 1.29 is 43.8 Å². The predicted molar refractivity (Wildman–Crippen MR) is 236 cm³/mol. The summed E-state index contributed by atoms with van der Waals surface area (Å²) in [5, 5.41) is 25.6. The topological polar surface area (TPSA) is 201 Å². The Balaban J connectivity index is 1.49. The number of fused-ring (bicyclic) bond motifs is 5. The van der Waals surface area contributed by atoms with Crippen molar-refractivity contribution in [2.75, 3.05) is 13.6 Å². The van der Waals surface area contributed by atoms with Crippen LogP contribution in [0.5, 0.6) is 11.5 Å². The van der Waals surface area contributed by atoms with Crippen LogP contribution >= 0.6 is 11.6 Å². The number of nitrogens with two attached hydrogens (primary N) is 1. The number of carbonyl (C=O) groups excluding carboxylic acids is 7. The highest BCUT2D eigenvalue weighted by atomic mass is 35.5. The van der Waals surface area contributed by atoms with Gasteiger partial charge in [-0.1, -0.05) is 87.3 Å². The van der Waals surface area contributed by atoms with Crippen molar-refractivity contribution in [2.24, 2.45) is 23.5 Å². The first-order chi connectivity index (χ1) is 29.5. The third-order valence-corrected chi connectivity index (χ3v) is 11.8. The number of nitrogens with one attached hydrogen (secondary N) is 1. The molecule has 5 atom stereocenters. The van der Waals surface area contributed by atoms with Crippen molar-refractivity contribution in [1.29, 1.82) is 0 Å². The normalized spacial score (nSPS) is 17.5. The monoisotopic (exact) mass is 863 g/mol. The maximum absolute atomic E-state index is 14.6. The molecule has 13 heteroatoms. The van der Waals surface area contributed by atoms with Gasteiger partial charge in [-0.15, -0.1) is 0 Å². The van der Waals surface area contributed by atoms with Gasteiger partial charge in [0.25, 0.3) is 0 Å². The predicted octanol–water partition coefficient (Wildman–Crippen LogP) is 7.38. The first-order valence-electron chi connectivity index (χ1n) is 21.0. The minimum Gasteiger partial charge on any atom is -0.507 e. The summed E-state index contributed by atoms with van der Waals surface area (Å²) in [5.41, 5.74) is 9.11. The molecule has 4 bridgehead atoms. The second kappa shape index (κ2) is 21.2. The molecule has 0 spiro atoms. The molecular weight excluding hydrogens is 810 g/mol. The number of ketones is 5. The molecule has 0 fully saturated rings. The van der Waals surface area contributed by atoms with E-state index in [0.29, 0.717) is 47.5 Å². The van der Waals surface area contributed by atoms with E-state index < -0.39 is 64.8 Å². The SMILES string of the molecule is CCC(=O)C(=O)C(C)CC(=O)[C@@H]1Cc2ccc(O)c(c2)-c2cc(ccc2O)[C@H](N(C)C(=O)[C@H](CCCCN)CC(=O)c2ccc(-c3ccc(Cl)cc3)cc2)C(=O)C[C@@H](C)C(=O)N1. The van der Waals surface area contributed by atoms with Gasteiger partial charge in [0.1, 0.15) is 17.5 Å². The summed E-state index contributed by atoms with van der Waals surface area (Å²) < 4.78 is 0. The zero-order valence-corrected chi connectivity index (χ0v) is 36.2. The number of hydrogen-bond acceptors (Lipinski definition) is 10. The number of phenols is 2. The van der Waals surface area contributed by atoms with E-state index in [1.807, 2.05) is 24.3 Å². The van der Waals surface area contributed by atoms with Gasteiger partial charge in [-0.05, 0) is 84.5 Å². The van der Waals surface area contributed by atoms with E-state index in [-0.39, 0.29) is 60.5 Å². The molecule has 326 valence electrons. The van der Waals surface area contributed by atoms with Gasteiger partial charge in [-0.3, -0.25) is 33.6 Å². The van der Waals surface area contributed by atoms with Crippen LogP contribution in [0.4, 0.5) is 0 Å². The van der Waals surface area contributed by atoms with Gasteiger partial charge in [-0.25, -0.2) is 0 Å². The molecule has 1 unspecified atom stereocenters. The van der Waals surface area contributed by atoms with Gasteiger partial charge in [-0.2, -0.15) is 0 Å². The molecule has 62 heavy (non-hydrogen) atoms. The van der Waals surface area contributed by atoms with E-state index in [9.17, 15) is 43.8 Å². The fraction of sp³-hybridized carbons (Fsp3) is 0.367. The Morgan fingerprint density at radius 3 is 2.08 bits per heavy atom. The third-order valence-electron chi connectivity index (χ3n) is 11.6. The number of likely N-dealkylation sites (N-methyl/N-ethyl adjacent to an activating group) is 1. The number of amides is 2. The van der Waals surface area contributed by atoms with Crippen LogP contribution in [0.25, 0.3) is 22.3 Å². The number of benzene rings is 4. The van der Waals surface area contributed by atoms with Crippen molar-refractivity contribution >= 4 is 52.3 Å². The Labute approximate surface area is 366 Å². The Morgan fingerprint density at radius 2 is 1.45 bits per heavy atom. The second-order valence-corrected chi connectivity index (χ2v) is 16.7. The Kier molecular flexibility index (Phi) is 16.1. The molecule has 0 radical (unpaired) electrons. The van der Waals surface area contributed by atoms with Gasteiger partial charge in [0.2, 0.25) is 17.6 Å². The van der Waals surface area contributed by atoms with E-state index >= 15 is 0 Å². The fourth-order valence-electron chi connectivity index (χ4n) is 7.87. The summed E-state index contributed by atoms with van der Waals surface area (Å²) >= 11 is 6.05. The summed E-state index contributed by atoms with van der Waals surface area (Å²) in [6, 6.07) is 20.8. The molecule has 5 rings (SSSR count). The van der Waals surface area contributed by atoms with Crippen LogP contribution < -0.4 is 11.1 Å². The number of hydrogen-bond donors (Lipinski definition) is 4. The van der Waals surface area contributed by atoms with Crippen LogP contribution in [0.15, 0.2) is 84.9 Å². The summed E-state index contributed by atoms with van der Waals surface area (Å²) in [6.45, 7) is 4.94. The largest absolute Gasteiger partial charge is 0.507 e. The Hall–Kier alpha value is -5.98. The van der Waals surface area contributed by atoms with Crippen LogP contribution in [0.3, 0.4) is 0 Å². The molecule has 1 aliphatic rings. The van der Waals surface area contributed by atoms with Gasteiger partial charge < -0.3 is 26.2 Å². The smallest absolute Gasteiger partial charge is 0.226 e. The lowest BCUT2D eigenvalue weighted by Crippen LogP contribution is -2.46. The number of rotatable bonds is 16. The van der Waals surface area contributed by atoms with E-state index in [1.165, 1.54) is 50.1 Å². The number of carbonyl (C=O) groups is 7. The third kappa shape index (κ3) is 11.5. The van der Waals surface area contributed by atoms with Crippen LogP contribution in [-0.4, -0.2) is 75.5 Å². The molecule has 0 saturated carbocycles. The van der Waals surface area contributed by atoms with Crippen LogP contribution in [0.2, 0.25) is 5.02 Å². The summed E-state index contributed by atoms with van der Waals surface area (Å²) in [5.74, 6) is -6.93. The van der Waals surface area contributed by atoms with Gasteiger partial charge in [0, 0.05) is 72.2 Å². The van der Waals surface area contributed by atoms with Crippen LogP contribution in [-0.2, 0) is 35.2 Å². The Morgan fingerprint density at radius 1 is 0.839 bits per heavy atom. The van der Waals surface area contributed by atoms with Crippen molar-refractivity contribution in [3.8, 4) is 33.8 Å². The van der Waals surface area contributed by atoms with Gasteiger partial charge in [0.15, 0.2) is 23.1 Å². The number of halogens is 1. The molecule has 4 aromatic rings. The molecule has 4 aromatic carbocycles.